The molecule has 1 aromatic carbocycles. The van der Waals surface area contributed by atoms with Crippen molar-refractivity contribution >= 4 is 23.0 Å². The number of methoxy groups -OCH3 is 2. The molecule has 7 aliphatic rings. The molecule has 1 unspecified atom stereocenters. The zero-order valence-electron chi connectivity index (χ0n) is 31.4. The van der Waals surface area contributed by atoms with Crippen molar-refractivity contribution < 1.29 is 34.0 Å². The highest BCUT2D eigenvalue weighted by molar-refractivity contribution is 7.14. The summed E-state index contributed by atoms with van der Waals surface area (Å²) in [6.45, 7) is 8.05. The first-order chi connectivity index (χ1) is 24.8. The number of aryl methyl sites for hydroxylation is 1. The topological polar surface area (TPSA) is 106 Å². The van der Waals surface area contributed by atoms with Crippen LogP contribution in [0.3, 0.4) is 0 Å². The molecule has 3 saturated carbocycles. The number of hydrogen-bond donors (Lipinski definition) is 2. The van der Waals surface area contributed by atoms with Gasteiger partial charge in [0, 0.05) is 39.8 Å². The van der Waals surface area contributed by atoms with Crippen LogP contribution in [0.4, 0.5) is 0 Å². The van der Waals surface area contributed by atoms with Gasteiger partial charge in [-0.1, -0.05) is 38.1 Å². The van der Waals surface area contributed by atoms with Gasteiger partial charge in [-0.25, -0.2) is 0 Å². The number of fused-ring (bicyclic) bond motifs is 1. The number of aliphatic hydroxyl groups is 2. The number of carbonyl (C=O) groups is 2. The van der Waals surface area contributed by atoms with Gasteiger partial charge in [-0.05, 0) is 112 Å². The van der Waals surface area contributed by atoms with E-state index in [2.05, 4.69) is 32.1 Å². The number of allylic oxidation sites excluding steroid dienone is 4. The predicted molar refractivity (Wildman–Crippen MR) is 201 cm³/mol. The number of carbonyl (C=O) groups excluding carboxylic acids is 2. The van der Waals surface area contributed by atoms with Crippen molar-refractivity contribution in [3.63, 3.8) is 0 Å². The lowest BCUT2D eigenvalue weighted by Crippen LogP contribution is -2.67. The lowest BCUT2D eigenvalue weighted by atomic mass is 9.32. The lowest BCUT2D eigenvalue weighted by molar-refractivity contribution is -0.179. The normalized spacial score (nSPS) is 38.6. The van der Waals surface area contributed by atoms with E-state index in [1.54, 1.807) is 25.6 Å². The van der Waals surface area contributed by atoms with Gasteiger partial charge in [0.1, 0.15) is 0 Å². The highest BCUT2D eigenvalue weighted by Crippen LogP contribution is 2.78. The second-order valence-corrected chi connectivity index (χ2v) is 18.6. The summed E-state index contributed by atoms with van der Waals surface area (Å²) in [4.78, 5) is 32.9. The molecule has 9 rings (SSSR count). The van der Waals surface area contributed by atoms with Gasteiger partial charge in [0.2, 0.25) is 5.91 Å². The van der Waals surface area contributed by atoms with E-state index in [9.17, 15) is 19.8 Å². The van der Waals surface area contributed by atoms with E-state index >= 15 is 0 Å². The third-order valence-electron chi connectivity index (χ3n) is 15.0. The maximum absolute atomic E-state index is 14.8. The molecule has 8 nitrogen and oxygen atoms in total. The molecule has 9 atom stereocenters. The number of benzene rings is 1. The van der Waals surface area contributed by atoms with Crippen LogP contribution in [0.5, 0.6) is 11.5 Å². The van der Waals surface area contributed by atoms with E-state index in [4.69, 9.17) is 14.2 Å². The van der Waals surface area contributed by atoms with E-state index in [1.807, 2.05) is 42.2 Å². The summed E-state index contributed by atoms with van der Waals surface area (Å²) in [5.74, 6) is 1.47. The first-order valence-corrected chi connectivity index (χ1v) is 20.2. The first kappa shape index (κ1) is 36.0. The van der Waals surface area contributed by atoms with E-state index in [-0.39, 0.29) is 53.4 Å². The van der Waals surface area contributed by atoms with Crippen molar-refractivity contribution in [2.24, 2.45) is 33.5 Å². The molecule has 1 saturated heterocycles. The standard InChI is InChI=1S/C43H55NO7S/c1-27-8-11-34(52-27)38(47)31-24-41-18-19-43(31)35(39(41,2)15-12-29(45)23-41)13-16-40(3)36(43)14-17-42(40,48)26-44(25-30-7-6-20-51-30)37(46)22-28-9-10-32(49-4)33(21-28)50-5/h8-11,18-19,21,24,29-30,35-36,45,48H,6-7,12-17,20,22-23,25-26H2,1-5H3/t29?,30-,35-,36-,39-,40+,41+,42-,43-/m1/s1. The van der Waals surface area contributed by atoms with Crippen molar-refractivity contribution in [2.75, 3.05) is 33.9 Å². The van der Waals surface area contributed by atoms with Crippen molar-refractivity contribution in [2.45, 2.75) is 103 Å². The summed E-state index contributed by atoms with van der Waals surface area (Å²) in [7, 11) is 3.19. The number of ketones is 1. The smallest absolute Gasteiger partial charge is 0.227 e. The third-order valence-corrected chi connectivity index (χ3v) is 16.0. The van der Waals surface area contributed by atoms with E-state index in [0.29, 0.717) is 37.5 Å². The largest absolute Gasteiger partial charge is 0.493 e. The highest BCUT2D eigenvalue weighted by atomic mass is 32.1. The Morgan fingerprint density at radius 3 is 2.42 bits per heavy atom. The number of Topliss-reactive ketones (excluding diaryl/α,β-unsaturated/α-hetero) is 1. The van der Waals surface area contributed by atoms with Crippen LogP contribution in [-0.4, -0.2) is 78.5 Å². The quantitative estimate of drug-likeness (QED) is 0.199. The Morgan fingerprint density at radius 1 is 0.962 bits per heavy atom. The molecule has 2 N–H and O–H groups in total. The molecule has 1 aromatic heterocycles. The van der Waals surface area contributed by atoms with Gasteiger partial charge in [0.15, 0.2) is 17.3 Å². The number of hydrogen-bond acceptors (Lipinski definition) is 8. The Hall–Kier alpha value is -2.98. The van der Waals surface area contributed by atoms with Gasteiger partial charge >= 0.3 is 0 Å². The zero-order chi connectivity index (χ0) is 36.7. The number of nitrogens with zero attached hydrogens (tertiary/aromatic N) is 1. The fourth-order valence-corrected chi connectivity index (χ4v) is 13.0. The van der Waals surface area contributed by atoms with Crippen molar-refractivity contribution in [1.29, 1.82) is 0 Å². The van der Waals surface area contributed by atoms with Crippen LogP contribution in [0.25, 0.3) is 0 Å². The molecule has 280 valence electrons. The molecule has 1 amide bonds. The lowest BCUT2D eigenvalue weighted by Gasteiger charge is -2.71. The van der Waals surface area contributed by atoms with Gasteiger partial charge in [-0.2, -0.15) is 0 Å². The summed E-state index contributed by atoms with van der Waals surface area (Å²) in [6.07, 6.45) is 13.9. The SMILES string of the molecule is COc1ccc(CC(=O)N(C[C@H]2CCCO2)C[C@]2(O)CC[C@H]3[C@]45C=C[C@@]6(C=C4C(=O)c4ccc(C)s4)CC(O)CC[C@]6(C)[C@H]5CC[C@@]32C)cc1OC. The van der Waals surface area contributed by atoms with Crippen molar-refractivity contribution in [3.8, 4) is 11.5 Å². The highest BCUT2D eigenvalue weighted by Gasteiger charge is 2.74. The Balaban J connectivity index is 1.15. The summed E-state index contributed by atoms with van der Waals surface area (Å²) in [6, 6.07) is 9.57. The maximum Gasteiger partial charge on any atom is 0.227 e. The number of aliphatic hydroxyl groups excluding tert-OH is 1. The average molecular weight is 730 g/mol. The van der Waals surface area contributed by atoms with Crippen LogP contribution in [0.1, 0.15) is 91.7 Å². The van der Waals surface area contributed by atoms with E-state index in [0.717, 1.165) is 65.8 Å². The molecule has 52 heavy (non-hydrogen) atoms. The monoisotopic (exact) mass is 729 g/mol. The summed E-state index contributed by atoms with van der Waals surface area (Å²) >= 11 is 1.55. The average Bonchev–Trinajstić information content (AvgIpc) is 3.87. The minimum atomic E-state index is -1.15. The van der Waals surface area contributed by atoms with Gasteiger partial charge in [0.05, 0.1) is 49.9 Å². The maximum atomic E-state index is 14.8. The van der Waals surface area contributed by atoms with E-state index in [1.165, 1.54) is 0 Å². The van der Waals surface area contributed by atoms with E-state index < -0.39 is 22.5 Å². The van der Waals surface area contributed by atoms with Crippen LogP contribution in [0.15, 0.2) is 54.1 Å². The molecular formula is C43H55NO7S. The number of thiophene rings is 1. The molecule has 2 heterocycles. The number of rotatable bonds is 10. The first-order valence-electron chi connectivity index (χ1n) is 19.4. The molecule has 9 heteroatoms. The Labute approximate surface area is 312 Å². The van der Waals surface area contributed by atoms with Gasteiger partial charge in [0.25, 0.3) is 0 Å². The Kier molecular flexibility index (Phi) is 8.88. The fraction of sp³-hybridized carbons (Fsp3) is 0.628. The number of ether oxygens (including phenoxy) is 3. The van der Waals surface area contributed by atoms with Crippen molar-refractivity contribution in [3.05, 3.63) is 69.5 Å². The van der Waals surface area contributed by atoms with Crippen LogP contribution in [-0.2, 0) is 16.0 Å². The molecule has 6 aliphatic carbocycles. The minimum Gasteiger partial charge on any atom is -0.493 e. The fourth-order valence-electron chi connectivity index (χ4n) is 12.2. The summed E-state index contributed by atoms with van der Waals surface area (Å²) in [5, 5.41) is 24.1. The van der Waals surface area contributed by atoms with Gasteiger partial charge in [-0.15, -0.1) is 11.3 Å². The van der Waals surface area contributed by atoms with Crippen LogP contribution < -0.4 is 9.47 Å². The van der Waals surface area contributed by atoms with Crippen LogP contribution in [0, 0.1) is 40.4 Å². The van der Waals surface area contributed by atoms with Crippen LogP contribution in [0.2, 0.25) is 0 Å². The third kappa shape index (κ3) is 5.23. The van der Waals surface area contributed by atoms with Gasteiger partial charge in [-0.3, -0.25) is 9.59 Å². The van der Waals surface area contributed by atoms with Crippen molar-refractivity contribution in [1.82, 2.24) is 4.90 Å². The molecule has 2 spiro atoms. The summed E-state index contributed by atoms with van der Waals surface area (Å²) in [5.41, 5.74) is -1.00. The second-order valence-electron chi connectivity index (χ2n) is 17.3. The number of amides is 1. The molecule has 0 radical (unpaired) electrons. The van der Waals surface area contributed by atoms with Crippen LogP contribution >= 0.6 is 11.3 Å². The summed E-state index contributed by atoms with van der Waals surface area (Å²) < 4.78 is 17.0. The molecule has 4 fully saturated rings. The molecule has 1 aliphatic heterocycles. The van der Waals surface area contributed by atoms with Gasteiger partial charge < -0.3 is 29.3 Å². The predicted octanol–water partition coefficient (Wildman–Crippen LogP) is 7.10. The minimum absolute atomic E-state index is 0.0174. The molecule has 2 bridgehead atoms. The molecular weight excluding hydrogens is 675 g/mol. The Morgan fingerprint density at radius 2 is 1.71 bits per heavy atom. The molecule has 2 aromatic rings. The zero-order valence-corrected chi connectivity index (χ0v) is 32.2. The Bertz CT molecular complexity index is 1810. The second kappa shape index (κ2) is 12.8.